The molecule has 0 radical (unpaired) electrons. The number of nitrogens with one attached hydrogen (secondary N) is 1. The van der Waals surface area contributed by atoms with Crippen LogP contribution in [0.2, 0.25) is 0 Å². The first kappa shape index (κ1) is 27.9. The van der Waals surface area contributed by atoms with Gasteiger partial charge in [0.25, 0.3) is 11.8 Å². The van der Waals surface area contributed by atoms with E-state index in [4.69, 9.17) is 20.9 Å². The number of aryl methyl sites for hydroxylation is 2. The summed E-state index contributed by atoms with van der Waals surface area (Å²) in [5.74, 6) is -0.926. The number of methoxy groups -OCH3 is 2. The fourth-order valence-corrected chi connectivity index (χ4v) is 5.54. The minimum atomic E-state index is -1.16. The van der Waals surface area contributed by atoms with Gasteiger partial charge in [0.2, 0.25) is 5.91 Å². The molecule has 4 rings (SSSR count). The molecule has 1 aliphatic rings. The molecule has 3 amide bonds. The van der Waals surface area contributed by atoms with Crippen molar-refractivity contribution in [1.29, 1.82) is 0 Å². The van der Waals surface area contributed by atoms with E-state index in [0.717, 1.165) is 48.3 Å². The molecule has 5 N–H and O–H groups in total. The Morgan fingerprint density at radius 3 is 2.36 bits per heavy atom. The van der Waals surface area contributed by atoms with Crippen molar-refractivity contribution < 1.29 is 23.9 Å². The van der Waals surface area contributed by atoms with E-state index in [1.807, 2.05) is 26.0 Å². The minimum absolute atomic E-state index is 0.00237. The molecule has 1 aromatic heterocycles. The average Bonchev–Trinajstić information content (AvgIpc) is 3.57. The number of primary amides is 1. The quantitative estimate of drug-likeness (QED) is 0.365. The lowest BCUT2D eigenvalue weighted by molar-refractivity contribution is -0.123. The molecule has 3 aromatic rings. The summed E-state index contributed by atoms with van der Waals surface area (Å²) in [7, 11) is 3.02. The van der Waals surface area contributed by atoms with Crippen molar-refractivity contribution >= 4 is 40.6 Å². The van der Waals surface area contributed by atoms with Gasteiger partial charge < -0.3 is 26.3 Å². The number of nitrogens with zero attached hydrogens (tertiary/aromatic N) is 2. The van der Waals surface area contributed by atoms with Crippen molar-refractivity contribution in [2.45, 2.75) is 51.6 Å². The summed E-state index contributed by atoms with van der Waals surface area (Å²) < 4.78 is 15.1. The highest BCUT2D eigenvalue weighted by molar-refractivity contribution is 7.09. The number of nitrogen functional groups attached to an aromatic ring is 1. The second-order valence-electron chi connectivity index (χ2n) is 9.58. The van der Waals surface area contributed by atoms with Crippen LogP contribution in [0.1, 0.15) is 68.6 Å². The molecule has 0 aliphatic heterocycles. The van der Waals surface area contributed by atoms with Crippen LogP contribution in [0, 0.1) is 13.8 Å². The van der Waals surface area contributed by atoms with E-state index in [1.165, 1.54) is 19.1 Å². The lowest BCUT2D eigenvalue weighted by atomic mass is 9.99. The normalized spacial score (nSPS) is 14.1. The first-order valence-corrected chi connectivity index (χ1v) is 13.4. The van der Waals surface area contributed by atoms with Crippen molar-refractivity contribution in [1.82, 2.24) is 9.69 Å². The van der Waals surface area contributed by atoms with Gasteiger partial charge in [0.05, 0.1) is 19.9 Å². The van der Waals surface area contributed by atoms with Crippen LogP contribution in [0.3, 0.4) is 0 Å². The summed E-state index contributed by atoms with van der Waals surface area (Å²) >= 11 is 0.763. The maximum Gasteiger partial charge on any atom is 0.273 e. The summed E-state index contributed by atoms with van der Waals surface area (Å²) in [6.45, 7) is 3.88. The van der Waals surface area contributed by atoms with Gasteiger partial charge in [-0.05, 0) is 79.7 Å². The van der Waals surface area contributed by atoms with Crippen molar-refractivity contribution in [3.63, 3.8) is 0 Å². The van der Waals surface area contributed by atoms with Gasteiger partial charge in [0, 0.05) is 17.3 Å². The van der Waals surface area contributed by atoms with E-state index in [1.54, 1.807) is 24.3 Å². The van der Waals surface area contributed by atoms with E-state index in [9.17, 15) is 14.4 Å². The standard InChI is InChI=1S/C28H33N5O5S/c1-15-9-10-18(13-16(15)2)33(28(36)25-22(29)23(26(30)34)32-39-25)24(27(35)31-17-7-5-6-8-17)20-14-19(37-3)11-12-21(20)38-4/h9-14,17,24H,5-8,29H2,1-4H3,(H2,30,34)(H,31,35)/t24-/m0/s1. The number of aromatic nitrogens is 1. The largest absolute Gasteiger partial charge is 0.497 e. The van der Waals surface area contributed by atoms with Crippen LogP contribution in [0.15, 0.2) is 36.4 Å². The first-order valence-electron chi connectivity index (χ1n) is 12.6. The molecule has 1 heterocycles. The number of hydrogen-bond donors (Lipinski definition) is 3. The van der Waals surface area contributed by atoms with Crippen molar-refractivity contribution in [2.75, 3.05) is 24.9 Å². The van der Waals surface area contributed by atoms with E-state index in [-0.39, 0.29) is 28.2 Å². The van der Waals surface area contributed by atoms with Gasteiger partial charge in [0.15, 0.2) is 5.69 Å². The number of amides is 3. The third-order valence-electron chi connectivity index (χ3n) is 7.08. The summed E-state index contributed by atoms with van der Waals surface area (Å²) in [6, 6.07) is 9.41. The Bertz CT molecular complexity index is 1400. The zero-order chi connectivity index (χ0) is 28.3. The average molecular weight is 552 g/mol. The van der Waals surface area contributed by atoms with Crippen LogP contribution in [-0.4, -0.2) is 42.4 Å². The SMILES string of the molecule is COc1ccc(OC)c([C@@H](C(=O)NC2CCCC2)N(C(=O)c2snc(C(N)=O)c2N)c2ccc(C)c(C)c2)c1. The molecule has 0 spiro atoms. The van der Waals surface area contributed by atoms with Crippen LogP contribution in [0.25, 0.3) is 0 Å². The van der Waals surface area contributed by atoms with Gasteiger partial charge in [-0.2, -0.15) is 4.37 Å². The maximum absolute atomic E-state index is 14.3. The smallest absolute Gasteiger partial charge is 0.273 e. The summed E-state index contributed by atoms with van der Waals surface area (Å²) in [6.07, 6.45) is 3.75. The van der Waals surface area contributed by atoms with E-state index in [0.29, 0.717) is 22.7 Å². The number of carbonyl (C=O) groups excluding carboxylic acids is 3. The predicted molar refractivity (Wildman–Crippen MR) is 150 cm³/mol. The second kappa shape index (κ2) is 11.7. The van der Waals surface area contributed by atoms with Gasteiger partial charge in [-0.1, -0.05) is 18.9 Å². The molecule has 2 aromatic carbocycles. The highest BCUT2D eigenvalue weighted by Gasteiger charge is 2.39. The lowest BCUT2D eigenvalue weighted by Gasteiger charge is -2.33. The van der Waals surface area contributed by atoms with Gasteiger partial charge in [-0.15, -0.1) is 0 Å². The molecule has 11 heteroatoms. The summed E-state index contributed by atoms with van der Waals surface area (Å²) in [4.78, 5) is 41.7. The predicted octanol–water partition coefficient (Wildman–Crippen LogP) is 3.91. The third kappa shape index (κ3) is 5.68. The van der Waals surface area contributed by atoms with Gasteiger partial charge in [-0.3, -0.25) is 19.3 Å². The number of benzene rings is 2. The molecule has 1 atom stereocenters. The van der Waals surface area contributed by atoms with Crippen molar-refractivity contribution in [2.24, 2.45) is 5.73 Å². The second-order valence-corrected chi connectivity index (χ2v) is 10.4. The van der Waals surface area contributed by atoms with E-state index < -0.39 is 17.9 Å². The Balaban J connectivity index is 1.95. The zero-order valence-electron chi connectivity index (χ0n) is 22.4. The number of hydrogen-bond acceptors (Lipinski definition) is 8. The van der Waals surface area contributed by atoms with E-state index in [2.05, 4.69) is 9.69 Å². The first-order chi connectivity index (χ1) is 18.7. The fraction of sp³-hybridized carbons (Fsp3) is 0.357. The molecule has 0 bridgehead atoms. The Morgan fingerprint density at radius 2 is 1.77 bits per heavy atom. The monoisotopic (exact) mass is 551 g/mol. The zero-order valence-corrected chi connectivity index (χ0v) is 23.3. The highest BCUT2D eigenvalue weighted by Crippen LogP contribution is 2.39. The lowest BCUT2D eigenvalue weighted by Crippen LogP contribution is -2.46. The van der Waals surface area contributed by atoms with Crippen LogP contribution in [0.5, 0.6) is 11.5 Å². The van der Waals surface area contributed by atoms with E-state index >= 15 is 0 Å². The van der Waals surface area contributed by atoms with Gasteiger partial charge >= 0.3 is 0 Å². The Hall–Kier alpha value is -4.12. The molecule has 206 valence electrons. The third-order valence-corrected chi connectivity index (χ3v) is 7.93. The number of anilines is 2. The van der Waals surface area contributed by atoms with Crippen LogP contribution in [-0.2, 0) is 4.79 Å². The van der Waals surface area contributed by atoms with Crippen molar-refractivity contribution in [3.8, 4) is 11.5 Å². The van der Waals surface area contributed by atoms with Gasteiger partial charge in [0.1, 0.15) is 22.4 Å². The molecule has 0 saturated heterocycles. The Kier molecular flexibility index (Phi) is 8.39. The number of rotatable bonds is 9. The van der Waals surface area contributed by atoms with Crippen LogP contribution < -0.4 is 31.2 Å². The maximum atomic E-state index is 14.3. The highest BCUT2D eigenvalue weighted by atomic mass is 32.1. The molecule has 1 aliphatic carbocycles. The van der Waals surface area contributed by atoms with Crippen LogP contribution >= 0.6 is 11.5 Å². The molecule has 0 unspecified atom stereocenters. The molecular weight excluding hydrogens is 518 g/mol. The summed E-state index contributed by atoms with van der Waals surface area (Å²) in [5.41, 5.74) is 14.1. The number of carbonyl (C=O) groups is 3. The Labute approximate surface area is 231 Å². The Morgan fingerprint density at radius 1 is 1.05 bits per heavy atom. The molecule has 1 fully saturated rings. The number of ether oxygens (including phenoxy) is 2. The molecule has 10 nitrogen and oxygen atoms in total. The minimum Gasteiger partial charge on any atom is -0.497 e. The number of nitrogens with two attached hydrogens (primary N) is 2. The summed E-state index contributed by atoms with van der Waals surface area (Å²) in [5, 5.41) is 3.14. The van der Waals surface area contributed by atoms with Gasteiger partial charge in [-0.25, -0.2) is 0 Å². The topological polar surface area (TPSA) is 150 Å². The molecule has 1 saturated carbocycles. The molecule has 39 heavy (non-hydrogen) atoms. The molecular formula is C28H33N5O5S. The fourth-order valence-electron chi connectivity index (χ4n) is 4.80. The van der Waals surface area contributed by atoms with Crippen LogP contribution in [0.4, 0.5) is 11.4 Å². The van der Waals surface area contributed by atoms with Crippen molar-refractivity contribution in [3.05, 3.63) is 63.7 Å².